The van der Waals surface area contributed by atoms with E-state index in [-0.39, 0.29) is 0 Å². The van der Waals surface area contributed by atoms with Gasteiger partial charge in [0.2, 0.25) is 0 Å². The molecule has 1 heterocycles. The van der Waals surface area contributed by atoms with Gasteiger partial charge in [-0.3, -0.25) is 0 Å². The monoisotopic (exact) mass is 329 g/mol. The van der Waals surface area contributed by atoms with Gasteiger partial charge in [0.1, 0.15) is 16.6 Å². The number of nitrogens with one attached hydrogen (secondary N) is 2. The van der Waals surface area contributed by atoms with Gasteiger partial charge in [0.05, 0.1) is 0 Å². The van der Waals surface area contributed by atoms with E-state index in [1.165, 1.54) is 11.7 Å². The number of nitrogen functional groups attached to an aromatic ring is 1. The molecule has 0 fully saturated rings. The number of benzene rings is 2. The Bertz CT molecular complexity index is 754. The molecule has 20 heavy (non-hydrogen) atoms. The van der Waals surface area contributed by atoms with Gasteiger partial charge in [-0.15, -0.1) is 0 Å². The van der Waals surface area contributed by atoms with Crippen molar-refractivity contribution in [2.45, 2.75) is 0 Å². The number of hydrazine groups is 1. The number of rotatable bonds is 3. The van der Waals surface area contributed by atoms with Crippen LogP contribution in [0.25, 0.3) is 10.8 Å². The van der Waals surface area contributed by atoms with Crippen molar-refractivity contribution in [3.8, 4) is 0 Å². The van der Waals surface area contributed by atoms with Crippen LogP contribution in [-0.4, -0.2) is 9.97 Å². The van der Waals surface area contributed by atoms with Crippen molar-refractivity contribution in [1.82, 2.24) is 9.97 Å². The minimum Gasteiger partial charge on any atom is -0.339 e. The first-order valence-electron chi connectivity index (χ1n) is 6.01. The molecule has 0 amide bonds. The van der Waals surface area contributed by atoms with Gasteiger partial charge in [-0.25, -0.2) is 15.8 Å². The van der Waals surface area contributed by atoms with Crippen molar-refractivity contribution in [1.29, 1.82) is 0 Å². The third kappa shape index (κ3) is 2.31. The number of nitrogens with two attached hydrogens (primary N) is 1. The normalized spacial score (nSPS) is 10.5. The summed E-state index contributed by atoms with van der Waals surface area (Å²) in [5.41, 5.74) is 3.50. The van der Waals surface area contributed by atoms with E-state index in [9.17, 15) is 0 Å². The van der Waals surface area contributed by atoms with E-state index in [4.69, 9.17) is 5.84 Å². The minimum atomic E-state index is 0.530. The Balaban J connectivity index is 2.06. The van der Waals surface area contributed by atoms with E-state index in [2.05, 4.69) is 54.8 Å². The number of hydrogen-bond acceptors (Lipinski definition) is 5. The number of aromatic nitrogens is 2. The van der Waals surface area contributed by atoms with E-state index in [0.29, 0.717) is 16.1 Å². The lowest BCUT2D eigenvalue weighted by Gasteiger charge is -2.11. The molecule has 3 aromatic rings. The number of fused-ring (bicyclic) bond motifs is 1. The first-order valence-corrected chi connectivity index (χ1v) is 6.81. The van der Waals surface area contributed by atoms with Crippen LogP contribution in [0.5, 0.6) is 0 Å². The molecule has 0 unspecified atom stereocenters. The van der Waals surface area contributed by atoms with Gasteiger partial charge >= 0.3 is 0 Å². The summed E-state index contributed by atoms with van der Waals surface area (Å²) in [6.45, 7) is 0. The van der Waals surface area contributed by atoms with Crippen molar-refractivity contribution in [2.75, 3.05) is 10.7 Å². The van der Waals surface area contributed by atoms with Crippen LogP contribution in [0.3, 0.4) is 0 Å². The largest absolute Gasteiger partial charge is 0.339 e. The van der Waals surface area contributed by atoms with Crippen molar-refractivity contribution >= 4 is 44.0 Å². The van der Waals surface area contributed by atoms with Gasteiger partial charge in [0, 0.05) is 11.1 Å². The molecule has 0 aliphatic rings. The molecule has 0 aliphatic carbocycles. The van der Waals surface area contributed by atoms with Crippen LogP contribution in [0.15, 0.2) is 53.3 Å². The average Bonchev–Trinajstić information content (AvgIpc) is 2.50. The Kier molecular flexibility index (Phi) is 3.49. The summed E-state index contributed by atoms with van der Waals surface area (Å²) in [4.78, 5) is 8.25. The Labute approximate surface area is 124 Å². The first kappa shape index (κ1) is 12.8. The van der Waals surface area contributed by atoms with Crippen LogP contribution in [-0.2, 0) is 0 Å². The van der Waals surface area contributed by atoms with E-state index < -0.39 is 0 Å². The predicted octanol–water partition coefficient (Wildman–Crippen LogP) is 3.42. The molecule has 0 atom stereocenters. The summed E-state index contributed by atoms with van der Waals surface area (Å²) in [6, 6.07) is 14.2. The second-order valence-corrected chi connectivity index (χ2v) is 4.97. The quantitative estimate of drug-likeness (QED) is 0.507. The number of anilines is 3. The van der Waals surface area contributed by atoms with Gasteiger partial charge in [-0.05, 0) is 27.4 Å². The first-order chi connectivity index (χ1) is 9.79. The zero-order valence-electron chi connectivity index (χ0n) is 10.5. The summed E-state index contributed by atoms with van der Waals surface area (Å²) in [7, 11) is 0. The highest BCUT2D eigenvalue weighted by Crippen LogP contribution is 2.31. The maximum Gasteiger partial charge on any atom is 0.159 e. The fraction of sp³-hybridized carbons (Fsp3) is 0. The topological polar surface area (TPSA) is 75.9 Å². The van der Waals surface area contributed by atoms with E-state index >= 15 is 0 Å². The third-order valence-electron chi connectivity index (χ3n) is 2.97. The van der Waals surface area contributed by atoms with Crippen molar-refractivity contribution in [3.05, 3.63) is 53.3 Å². The minimum absolute atomic E-state index is 0.530. The summed E-state index contributed by atoms with van der Waals surface area (Å²) in [6.07, 6.45) is 1.45. The molecule has 100 valence electrons. The zero-order chi connectivity index (χ0) is 13.9. The number of nitrogens with zero attached hydrogens (tertiary/aromatic N) is 2. The molecule has 6 heteroatoms. The molecule has 0 spiro atoms. The lowest BCUT2D eigenvalue weighted by Crippen LogP contribution is -2.10. The molecular formula is C14H12BrN5. The highest BCUT2D eigenvalue weighted by atomic mass is 79.9. The SMILES string of the molecule is NNc1ncnc(Nc2cccc3ccccc23)c1Br. The lowest BCUT2D eigenvalue weighted by atomic mass is 10.1. The molecule has 0 saturated carbocycles. The molecule has 5 nitrogen and oxygen atoms in total. The molecule has 0 saturated heterocycles. The Morgan fingerprint density at radius 3 is 2.55 bits per heavy atom. The molecule has 1 aromatic heterocycles. The Morgan fingerprint density at radius 1 is 0.950 bits per heavy atom. The fourth-order valence-electron chi connectivity index (χ4n) is 2.02. The van der Waals surface area contributed by atoms with E-state index in [1.807, 2.05) is 24.3 Å². The van der Waals surface area contributed by atoms with E-state index in [0.717, 1.165) is 11.1 Å². The maximum atomic E-state index is 5.41. The summed E-state index contributed by atoms with van der Waals surface area (Å²) in [5.74, 6) is 6.59. The van der Waals surface area contributed by atoms with Crippen LogP contribution in [0.1, 0.15) is 0 Å². The highest BCUT2D eigenvalue weighted by Gasteiger charge is 2.09. The third-order valence-corrected chi connectivity index (χ3v) is 3.72. The standard InChI is InChI=1S/C14H12BrN5/c15-12-13(17-8-18-14(12)20-16)19-11-7-3-5-9-4-1-2-6-10(9)11/h1-8H,16H2,(H2,17,18,19,20). The smallest absolute Gasteiger partial charge is 0.159 e. The van der Waals surface area contributed by atoms with Gasteiger partial charge in [0.25, 0.3) is 0 Å². The molecule has 3 rings (SSSR count). The van der Waals surface area contributed by atoms with Crippen LogP contribution < -0.4 is 16.6 Å². The van der Waals surface area contributed by atoms with Crippen LogP contribution in [0.4, 0.5) is 17.3 Å². The lowest BCUT2D eigenvalue weighted by molar-refractivity contribution is 1.12. The predicted molar refractivity (Wildman–Crippen MR) is 84.8 cm³/mol. The summed E-state index contributed by atoms with van der Waals surface area (Å²) < 4.78 is 0.690. The molecule has 0 bridgehead atoms. The van der Waals surface area contributed by atoms with Crippen LogP contribution >= 0.6 is 15.9 Å². The van der Waals surface area contributed by atoms with Crippen molar-refractivity contribution < 1.29 is 0 Å². The van der Waals surface area contributed by atoms with Gasteiger partial charge in [-0.2, -0.15) is 0 Å². The zero-order valence-corrected chi connectivity index (χ0v) is 12.1. The van der Waals surface area contributed by atoms with Crippen molar-refractivity contribution in [3.63, 3.8) is 0 Å². The van der Waals surface area contributed by atoms with Gasteiger partial charge in [-0.1, -0.05) is 36.4 Å². The second-order valence-electron chi connectivity index (χ2n) is 4.18. The van der Waals surface area contributed by atoms with Crippen LogP contribution in [0, 0.1) is 0 Å². The number of hydrogen-bond donors (Lipinski definition) is 3. The Morgan fingerprint density at radius 2 is 1.70 bits per heavy atom. The average molecular weight is 330 g/mol. The molecule has 0 radical (unpaired) electrons. The van der Waals surface area contributed by atoms with Crippen LogP contribution in [0.2, 0.25) is 0 Å². The molecule has 2 aromatic carbocycles. The maximum absolute atomic E-state index is 5.41. The van der Waals surface area contributed by atoms with Crippen molar-refractivity contribution in [2.24, 2.45) is 5.84 Å². The molecule has 4 N–H and O–H groups in total. The number of halogens is 1. The molecular weight excluding hydrogens is 318 g/mol. The second kappa shape index (κ2) is 5.44. The van der Waals surface area contributed by atoms with Gasteiger partial charge in [0.15, 0.2) is 5.82 Å². The van der Waals surface area contributed by atoms with Gasteiger partial charge < -0.3 is 10.7 Å². The summed E-state index contributed by atoms with van der Waals surface area (Å²) >= 11 is 3.43. The summed E-state index contributed by atoms with van der Waals surface area (Å²) in [5, 5.41) is 5.59. The highest BCUT2D eigenvalue weighted by molar-refractivity contribution is 9.10. The molecule has 0 aliphatic heterocycles. The van der Waals surface area contributed by atoms with E-state index in [1.54, 1.807) is 0 Å². The fourth-order valence-corrected chi connectivity index (χ4v) is 2.44. The Hall–Kier alpha value is -2.18.